The van der Waals surface area contributed by atoms with Crippen LogP contribution in [-0.2, 0) is 20.7 Å². The summed E-state index contributed by atoms with van der Waals surface area (Å²) in [5.41, 5.74) is 1.40. The van der Waals surface area contributed by atoms with Gasteiger partial charge in [0, 0.05) is 37.7 Å². The van der Waals surface area contributed by atoms with Crippen LogP contribution in [0.4, 0.5) is 10.6 Å². The molecule has 2 unspecified atom stereocenters. The molecule has 1 aliphatic heterocycles. The number of nitrogens with one attached hydrogen (secondary N) is 1. The molecule has 7 nitrogen and oxygen atoms in total. The Bertz CT molecular complexity index is 672. The fourth-order valence-electron chi connectivity index (χ4n) is 3.42. The molecule has 1 saturated heterocycles. The van der Waals surface area contributed by atoms with Crippen molar-refractivity contribution in [3.63, 3.8) is 0 Å². The molecule has 0 bridgehead atoms. The van der Waals surface area contributed by atoms with E-state index in [0.717, 1.165) is 43.5 Å². The molecule has 0 radical (unpaired) electrons. The fourth-order valence-corrected chi connectivity index (χ4v) is 3.42. The summed E-state index contributed by atoms with van der Waals surface area (Å²) in [6.07, 6.45) is 2.61. The zero-order chi connectivity index (χ0) is 20.7. The number of ether oxygens (including phenoxy) is 2. The average molecular weight is 392 g/mol. The predicted octanol–water partition coefficient (Wildman–Crippen LogP) is 3.21. The Morgan fingerprint density at radius 1 is 1.36 bits per heavy atom. The summed E-state index contributed by atoms with van der Waals surface area (Å²) < 4.78 is 11.3. The van der Waals surface area contributed by atoms with Crippen molar-refractivity contribution in [2.75, 3.05) is 32.1 Å². The lowest BCUT2D eigenvalue weighted by Gasteiger charge is -2.20. The molecule has 2 rings (SSSR count). The monoisotopic (exact) mass is 391 g/mol. The van der Waals surface area contributed by atoms with Crippen molar-refractivity contribution in [1.29, 1.82) is 0 Å². The smallest absolute Gasteiger partial charge is 0.413 e. The Hall–Kier alpha value is -1.99. The number of amides is 1. The predicted molar refractivity (Wildman–Crippen MR) is 109 cm³/mol. The molecule has 1 amide bonds. The van der Waals surface area contributed by atoms with E-state index in [-0.39, 0.29) is 6.10 Å². The van der Waals surface area contributed by atoms with E-state index in [2.05, 4.69) is 22.2 Å². The quantitative estimate of drug-likeness (QED) is 0.541. The van der Waals surface area contributed by atoms with Gasteiger partial charge in [-0.05, 0) is 65.3 Å². The maximum absolute atomic E-state index is 12.0. The Morgan fingerprint density at radius 2 is 2.11 bits per heavy atom. The van der Waals surface area contributed by atoms with Crippen molar-refractivity contribution < 1.29 is 19.1 Å². The van der Waals surface area contributed by atoms with Crippen LogP contribution in [0.1, 0.15) is 44.9 Å². The zero-order valence-electron chi connectivity index (χ0n) is 17.7. The van der Waals surface area contributed by atoms with Gasteiger partial charge in [0.25, 0.3) is 0 Å². The van der Waals surface area contributed by atoms with Gasteiger partial charge in [-0.1, -0.05) is 0 Å². The van der Waals surface area contributed by atoms with Gasteiger partial charge in [-0.2, -0.15) is 0 Å². The summed E-state index contributed by atoms with van der Waals surface area (Å²) in [4.78, 5) is 29.4. The largest absolute Gasteiger partial charge is 0.444 e. The van der Waals surface area contributed by atoms with Crippen LogP contribution in [0.3, 0.4) is 0 Å². The Labute approximate surface area is 167 Å². The summed E-state index contributed by atoms with van der Waals surface area (Å²) in [5.74, 6) is 0.823. The number of rotatable bonds is 8. The third-order valence-corrected chi connectivity index (χ3v) is 4.48. The number of likely N-dealkylation sites (N-methyl/N-ethyl adjacent to an activating group) is 1. The SMILES string of the molecule is Cc1cc(CC2CN(C)CC2OCCCC=O)nc(NC(=O)OC(C)(C)C)c1. The van der Waals surface area contributed by atoms with Crippen LogP contribution in [0.25, 0.3) is 0 Å². The minimum absolute atomic E-state index is 0.126. The molecule has 156 valence electrons. The van der Waals surface area contributed by atoms with Crippen LogP contribution in [-0.4, -0.2) is 60.7 Å². The van der Waals surface area contributed by atoms with Crippen LogP contribution in [0.15, 0.2) is 12.1 Å². The number of pyridine rings is 1. The first-order valence-corrected chi connectivity index (χ1v) is 9.87. The number of nitrogens with zero attached hydrogens (tertiary/aromatic N) is 2. The number of aldehydes is 1. The van der Waals surface area contributed by atoms with Gasteiger partial charge in [-0.25, -0.2) is 9.78 Å². The highest BCUT2D eigenvalue weighted by Crippen LogP contribution is 2.24. The average Bonchev–Trinajstić information content (AvgIpc) is 2.88. The lowest BCUT2D eigenvalue weighted by Crippen LogP contribution is -2.28. The molecule has 2 heterocycles. The van der Waals surface area contributed by atoms with Gasteiger partial charge in [0.1, 0.15) is 17.7 Å². The minimum atomic E-state index is -0.556. The van der Waals surface area contributed by atoms with E-state index in [1.165, 1.54) is 0 Å². The maximum atomic E-state index is 12.0. The van der Waals surface area contributed by atoms with Gasteiger partial charge < -0.3 is 19.2 Å². The summed E-state index contributed by atoms with van der Waals surface area (Å²) in [7, 11) is 2.08. The van der Waals surface area contributed by atoms with Crippen molar-refractivity contribution in [3.8, 4) is 0 Å². The zero-order valence-corrected chi connectivity index (χ0v) is 17.7. The van der Waals surface area contributed by atoms with E-state index in [4.69, 9.17) is 9.47 Å². The summed E-state index contributed by atoms with van der Waals surface area (Å²) >= 11 is 0. The standard InChI is InChI=1S/C21H33N3O4/c1-15-10-17(22-19(11-15)23-20(26)28-21(2,3)4)12-16-13-24(5)14-18(16)27-9-7-6-8-25/h8,10-11,16,18H,6-7,9,12-14H2,1-5H3,(H,22,23,26). The topological polar surface area (TPSA) is 80.8 Å². The molecule has 0 aliphatic carbocycles. The maximum Gasteiger partial charge on any atom is 0.413 e. The van der Waals surface area contributed by atoms with Crippen molar-refractivity contribution >= 4 is 18.2 Å². The molecular weight excluding hydrogens is 358 g/mol. The molecule has 1 fully saturated rings. The Morgan fingerprint density at radius 3 is 2.79 bits per heavy atom. The molecule has 1 aromatic rings. The Balaban J connectivity index is 2.00. The van der Waals surface area contributed by atoms with Gasteiger partial charge in [0.05, 0.1) is 6.10 Å². The van der Waals surface area contributed by atoms with Gasteiger partial charge in [0.15, 0.2) is 0 Å². The van der Waals surface area contributed by atoms with Gasteiger partial charge >= 0.3 is 6.09 Å². The molecule has 0 saturated carbocycles. The first-order chi connectivity index (χ1) is 13.2. The molecule has 0 aromatic carbocycles. The van der Waals surface area contributed by atoms with E-state index in [1.807, 2.05) is 39.8 Å². The number of carbonyl (C=O) groups is 2. The second kappa shape index (κ2) is 9.98. The van der Waals surface area contributed by atoms with Crippen LogP contribution >= 0.6 is 0 Å². The summed E-state index contributed by atoms with van der Waals surface area (Å²) in [6, 6.07) is 3.88. The van der Waals surface area contributed by atoms with E-state index >= 15 is 0 Å². The van der Waals surface area contributed by atoms with Crippen molar-refractivity contribution in [2.45, 2.75) is 58.7 Å². The van der Waals surface area contributed by atoms with E-state index in [0.29, 0.717) is 24.8 Å². The van der Waals surface area contributed by atoms with Crippen LogP contribution in [0.2, 0.25) is 0 Å². The first-order valence-electron chi connectivity index (χ1n) is 9.87. The molecule has 2 atom stereocenters. The third kappa shape index (κ3) is 7.56. The number of hydrogen-bond donors (Lipinski definition) is 1. The number of hydrogen-bond acceptors (Lipinski definition) is 6. The lowest BCUT2D eigenvalue weighted by molar-refractivity contribution is -0.108. The second-order valence-electron chi connectivity index (χ2n) is 8.55. The highest BCUT2D eigenvalue weighted by Gasteiger charge is 2.32. The molecule has 1 aliphatic rings. The summed E-state index contributed by atoms with van der Waals surface area (Å²) in [6.45, 7) is 9.87. The van der Waals surface area contributed by atoms with Crippen LogP contribution in [0.5, 0.6) is 0 Å². The van der Waals surface area contributed by atoms with E-state index < -0.39 is 11.7 Å². The molecule has 1 aromatic heterocycles. The molecule has 1 N–H and O–H groups in total. The van der Waals surface area contributed by atoms with Crippen molar-refractivity contribution in [2.24, 2.45) is 5.92 Å². The van der Waals surface area contributed by atoms with Gasteiger partial charge in [-0.15, -0.1) is 0 Å². The normalized spacial score (nSPS) is 20.2. The van der Waals surface area contributed by atoms with E-state index in [9.17, 15) is 9.59 Å². The second-order valence-corrected chi connectivity index (χ2v) is 8.55. The minimum Gasteiger partial charge on any atom is -0.444 e. The Kier molecular flexibility index (Phi) is 7.95. The van der Waals surface area contributed by atoms with Crippen LogP contribution < -0.4 is 5.32 Å². The molecule has 28 heavy (non-hydrogen) atoms. The lowest BCUT2D eigenvalue weighted by atomic mass is 9.99. The first kappa shape index (κ1) is 22.3. The van der Waals surface area contributed by atoms with Crippen LogP contribution in [0, 0.1) is 12.8 Å². The number of aryl methyl sites for hydroxylation is 1. The number of likely N-dealkylation sites (tertiary alicyclic amines) is 1. The third-order valence-electron chi connectivity index (χ3n) is 4.48. The van der Waals surface area contributed by atoms with Crippen molar-refractivity contribution in [1.82, 2.24) is 9.88 Å². The number of anilines is 1. The van der Waals surface area contributed by atoms with Gasteiger partial charge in [-0.3, -0.25) is 5.32 Å². The number of aromatic nitrogens is 1. The highest BCUT2D eigenvalue weighted by atomic mass is 16.6. The molecular formula is C21H33N3O4. The van der Waals surface area contributed by atoms with Crippen molar-refractivity contribution in [3.05, 3.63) is 23.4 Å². The highest BCUT2D eigenvalue weighted by molar-refractivity contribution is 5.83. The van der Waals surface area contributed by atoms with E-state index in [1.54, 1.807) is 0 Å². The number of carbonyl (C=O) groups excluding carboxylic acids is 2. The molecule has 7 heteroatoms. The number of unbranched alkanes of at least 4 members (excludes halogenated alkanes) is 1. The molecule has 0 spiro atoms. The fraction of sp³-hybridized carbons (Fsp3) is 0.667. The van der Waals surface area contributed by atoms with Gasteiger partial charge in [0.2, 0.25) is 0 Å². The summed E-state index contributed by atoms with van der Waals surface area (Å²) in [5, 5.41) is 2.73.